The number of pyridine rings is 1. The second kappa shape index (κ2) is 6.13. The number of hydrazone groups is 1. The molecule has 1 aromatic rings. The van der Waals surface area contributed by atoms with Gasteiger partial charge in [0.15, 0.2) is 0 Å². The van der Waals surface area contributed by atoms with Gasteiger partial charge >= 0.3 is 0 Å². The summed E-state index contributed by atoms with van der Waals surface area (Å²) in [5.41, 5.74) is 5.59. The number of aromatic nitrogens is 1. The van der Waals surface area contributed by atoms with Crippen LogP contribution in [-0.4, -0.2) is 22.4 Å². The van der Waals surface area contributed by atoms with Crippen LogP contribution in [0.4, 0.5) is 5.82 Å². The average Bonchev–Trinajstić information content (AvgIpc) is 2.49. The molecule has 0 saturated heterocycles. The third kappa shape index (κ3) is 3.52. The Morgan fingerprint density at radius 1 is 1.33 bits per heavy atom. The Kier molecular flexibility index (Phi) is 4.06. The first kappa shape index (κ1) is 13.9. The van der Waals surface area contributed by atoms with Gasteiger partial charge in [-0.3, -0.25) is 4.79 Å². The summed E-state index contributed by atoms with van der Waals surface area (Å²) in [5, 5.41) is 8.49. The van der Waals surface area contributed by atoms with Crippen LogP contribution in [0.3, 0.4) is 0 Å². The van der Waals surface area contributed by atoms with E-state index in [2.05, 4.69) is 39.9 Å². The molecule has 0 unspecified atom stereocenters. The van der Waals surface area contributed by atoms with Gasteiger partial charge in [0.1, 0.15) is 5.82 Å². The molecule has 3 rings (SSSR count). The predicted octanol–water partition coefficient (Wildman–Crippen LogP) is 2.64. The number of amides is 1. The number of hydrogen-bond donors (Lipinski definition) is 2. The van der Waals surface area contributed by atoms with Crippen molar-refractivity contribution in [3.8, 4) is 0 Å². The summed E-state index contributed by atoms with van der Waals surface area (Å²) < 4.78 is 0. The van der Waals surface area contributed by atoms with Crippen molar-refractivity contribution in [2.24, 2.45) is 5.10 Å². The van der Waals surface area contributed by atoms with Crippen molar-refractivity contribution in [3.05, 3.63) is 46.6 Å². The van der Waals surface area contributed by atoms with Crippen molar-refractivity contribution in [2.45, 2.75) is 19.8 Å². The van der Waals surface area contributed by atoms with E-state index in [-0.39, 0.29) is 5.91 Å². The molecule has 0 aromatic carbocycles. The van der Waals surface area contributed by atoms with Crippen LogP contribution in [0.25, 0.3) is 0 Å². The van der Waals surface area contributed by atoms with Crippen molar-refractivity contribution < 1.29 is 4.79 Å². The van der Waals surface area contributed by atoms with Crippen LogP contribution in [0.5, 0.6) is 0 Å². The average molecular weight is 300 g/mol. The van der Waals surface area contributed by atoms with Gasteiger partial charge in [-0.25, -0.2) is 10.4 Å². The Hall–Kier alpha value is -2.08. The zero-order valence-electron chi connectivity index (χ0n) is 11.7. The third-order valence-corrected chi connectivity index (χ3v) is 4.12. The van der Waals surface area contributed by atoms with Gasteiger partial charge in [0.2, 0.25) is 5.91 Å². The summed E-state index contributed by atoms with van der Waals surface area (Å²) in [7, 11) is 0. The van der Waals surface area contributed by atoms with Gasteiger partial charge in [0.05, 0.1) is 10.7 Å². The van der Waals surface area contributed by atoms with Crippen molar-refractivity contribution in [2.75, 3.05) is 11.1 Å². The fourth-order valence-electron chi connectivity index (χ4n) is 2.09. The number of carbonyl (C=O) groups is 1. The van der Waals surface area contributed by atoms with Gasteiger partial charge in [-0.2, -0.15) is 5.10 Å². The molecule has 3 heterocycles. The van der Waals surface area contributed by atoms with E-state index >= 15 is 0 Å². The molecule has 5 nitrogen and oxygen atoms in total. The van der Waals surface area contributed by atoms with Gasteiger partial charge < -0.3 is 5.32 Å². The minimum atomic E-state index is -0.0327. The highest BCUT2D eigenvalue weighted by Crippen LogP contribution is 2.24. The first-order chi connectivity index (χ1) is 10.2. The first-order valence-electron chi connectivity index (χ1n) is 6.81. The number of rotatable bonds is 3. The molecule has 0 radical (unpaired) electrons. The Balaban J connectivity index is 1.70. The second-order valence-electron chi connectivity index (χ2n) is 4.92. The van der Waals surface area contributed by atoms with E-state index in [0.29, 0.717) is 12.8 Å². The molecular formula is C15H16N4OS. The van der Waals surface area contributed by atoms with Crippen molar-refractivity contribution in [1.29, 1.82) is 0 Å². The lowest BCUT2D eigenvalue weighted by Gasteiger charge is -2.14. The Labute approximate surface area is 127 Å². The second-order valence-corrected chi connectivity index (χ2v) is 5.98. The highest BCUT2D eigenvalue weighted by Gasteiger charge is 2.13. The molecular weight excluding hydrogens is 284 g/mol. The molecule has 6 heteroatoms. The molecule has 0 spiro atoms. The predicted molar refractivity (Wildman–Crippen MR) is 86.1 cm³/mol. The van der Waals surface area contributed by atoms with Crippen molar-refractivity contribution in [3.63, 3.8) is 0 Å². The molecule has 0 saturated carbocycles. The van der Waals surface area contributed by atoms with Gasteiger partial charge in [0.25, 0.3) is 0 Å². The summed E-state index contributed by atoms with van der Waals surface area (Å²) in [6, 6.07) is 3.91. The largest absolute Gasteiger partial charge is 0.335 e. The number of allylic oxidation sites excluding steroid dienone is 2. The number of nitrogens with one attached hydrogen (secondary N) is 2. The first-order valence-corrected chi connectivity index (χ1v) is 7.79. The van der Waals surface area contributed by atoms with Crippen LogP contribution in [0.2, 0.25) is 0 Å². The lowest BCUT2D eigenvalue weighted by atomic mass is 10.1. The van der Waals surface area contributed by atoms with Gasteiger partial charge in [-0.15, -0.1) is 11.8 Å². The normalized spacial score (nSPS) is 18.3. The minimum Gasteiger partial charge on any atom is -0.335 e. The SMILES string of the molecule is CC1=CCSC(Nc2ccc(C3=NNC(=O)CC3)cn2)=C1. The summed E-state index contributed by atoms with van der Waals surface area (Å²) in [5.74, 6) is 1.77. The molecule has 108 valence electrons. The summed E-state index contributed by atoms with van der Waals surface area (Å²) in [4.78, 5) is 15.5. The molecule has 21 heavy (non-hydrogen) atoms. The summed E-state index contributed by atoms with van der Waals surface area (Å²) in [6.07, 6.45) is 7.24. The van der Waals surface area contributed by atoms with Gasteiger partial charge in [0, 0.05) is 30.4 Å². The molecule has 2 aliphatic rings. The fraction of sp³-hybridized carbons (Fsp3) is 0.267. The number of thioether (sulfide) groups is 1. The lowest BCUT2D eigenvalue weighted by molar-refractivity contribution is -0.121. The Morgan fingerprint density at radius 2 is 2.24 bits per heavy atom. The maximum atomic E-state index is 11.1. The number of hydrogen-bond acceptors (Lipinski definition) is 5. The Bertz CT molecular complexity index is 646. The van der Waals surface area contributed by atoms with E-state index in [4.69, 9.17) is 0 Å². The molecule has 0 aliphatic carbocycles. The molecule has 1 amide bonds. The smallest absolute Gasteiger partial charge is 0.240 e. The van der Waals surface area contributed by atoms with Crippen LogP contribution in [0.15, 0.2) is 46.2 Å². The van der Waals surface area contributed by atoms with Crippen LogP contribution in [0, 0.1) is 0 Å². The maximum absolute atomic E-state index is 11.1. The van der Waals surface area contributed by atoms with E-state index in [0.717, 1.165) is 27.9 Å². The summed E-state index contributed by atoms with van der Waals surface area (Å²) >= 11 is 1.76. The monoisotopic (exact) mass is 300 g/mol. The molecule has 0 bridgehead atoms. The topological polar surface area (TPSA) is 66.4 Å². The highest BCUT2D eigenvalue weighted by molar-refractivity contribution is 8.03. The minimum absolute atomic E-state index is 0.0327. The van der Waals surface area contributed by atoms with E-state index in [1.165, 1.54) is 5.57 Å². The summed E-state index contributed by atoms with van der Waals surface area (Å²) in [6.45, 7) is 2.09. The van der Waals surface area contributed by atoms with Crippen LogP contribution in [-0.2, 0) is 4.79 Å². The fourth-order valence-corrected chi connectivity index (χ4v) is 3.06. The quantitative estimate of drug-likeness (QED) is 0.900. The van der Waals surface area contributed by atoms with E-state index in [9.17, 15) is 4.79 Å². The van der Waals surface area contributed by atoms with Gasteiger partial charge in [-0.05, 0) is 25.1 Å². The highest BCUT2D eigenvalue weighted by atomic mass is 32.2. The number of anilines is 1. The standard InChI is InChI=1S/C15H16N4OS/c1-10-6-7-21-15(8-10)17-13-4-2-11(9-16-13)12-3-5-14(20)19-18-12/h2,4,6,8-9H,3,5,7H2,1H3,(H,16,17)(H,19,20). The number of nitrogens with zero attached hydrogens (tertiary/aromatic N) is 2. The zero-order chi connectivity index (χ0) is 14.7. The zero-order valence-corrected chi connectivity index (χ0v) is 12.5. The Morgan fingerprint density at radius 3 is 2.90 bits per heavy atom. The molecule has 1 aromatic heterocycles. The van der Waals surface area contributed by atoms with Gasteiger partial charge in [-0.1, -0.05) is 11.6 Å². The molecule has 0 fully saturated rings. The van der Waals surface area contributed by atoms with Crippen molar-refractivity contribution in [1.82, 2.24) is 10.4 Å². The van der Waals surface area contributed by atoms with Crippen LogP contribution < -0.4 is 10.7 Å². The van der Waals surface area contributed by atoms with Crippen LogP contribution >= 0.6 is 11.8 Å². The number of carbonyl (C=O) groups excluding carboxylic acids is 1. The molecule has 0 atom stereocenters. The van der Waals surface area contributed by atoms with E-state index < -0.39 is 0 Å². The maximum Gasteiger partial charge on any atom is 0.240 e. The van der Waals surface area contributed by atoms with Crippen molar-refractivity contribution >= 4 is 29.2 Å². The lowest BCUT2D eigenvalue weighted by Crippen LogP contribution is -2.25. The molecule has 2 aliphatic heterocycles. The van der Waals surface area contributed by atoms with E-state index in [1.807, 2.05) is 12.1 Å². The van der Waals surface area contributed by atoms with E-state index in [1.54, 1.807) is 18.0 Å². The third-order valence-electron chi connectivity index (χ3n) is 3.26. The molecule has 2 N–H and O–H groups in total. The van der Waals surface area contributed by atoms with Crippen LogP contribution in [0.1, 0.15) is 25.3 Å².